The molecule has 2 aromatic rings. The van der Waals surface area contributed by atoms with Gasteiger partial charge in [0.2, 0.25) is 5.91 Å². The highest BCUT2D eigenvalue weighted by molar-refractivity contribution is 7.17. The van der Waals surface area contributed by atoms with Crippen LogP contribution in [0.4, 0.5) is 10.7 Å². The molecule has 0 saturated carbocycles. The molecular weight excluding hydrogens is 348 g/mol. The number of aryl methyl sites for hydroxylation is 2. The standard InChI is InChI=1S/C20H24N2O3S/c1-3-25-20(24)18-15-9-4-5-10-16(15)26-19(18)22-17(23)12-21-14-8-6-7-13(2)11-14/h6-8,11,21H,3-5,9-10,12H2,1-2H3,(H,22,23). The molecule has 0 saturated heterocycles. The average Bonchev–Trinajstić information content (AvgIpc) is 2.98. The first-order valence-electron chi connectivity index (χ1n) is 9.00. The summed E-state index contributed by atoms with van der Waals surface area (Å²) in [7, 11) is 0. The summed E-state index contributed by atoms with van der Waals surface area (Å²) in [4.78, 5) is 26.0. The first kappa shape index (κ1) is 18.5. The quantitative estimate of drug-likeness (QED) is 0.747. The van der Waals surface area contributed by atoms with Crippen LogP contribution >= 0.6 is 11.3 Å². The Morgan fingerprint density at radius 3 is 2.81 bits per heavy atom. The van der Waals surface area contributed by atoms with Crippen LogP contribution in [0.2, 0.25) is 0 Å². The molecule has 0 fully saturated rings. The molecule has 3 rings (SSSR count). The van der Waals surface area contributed by atoms with Crippen molar-refractivity contribution in [3.05, 3.63) is 45.8 Å². The van der Waals surface area contributed by atoms with Gasteiger partial charge in [0.15, 0.2) is 0 Å². The molecule has 138 valence electrons. The molecule has 1 aliphatic rings. The summed E-state index contributed by atoms with van der Waals surface area (Å²) in [5.74, 6) is -0.510. The highest BCUT2D eigenvalue weighted by Crippen LogP contribution is 2.38. The fourth-order valence-electron chi connectivity index (χ4n) is 3.18. The van der Waals surface area contributed by atoms with E-state index in [0.717, 1.165) is 42.5 Å². The van der Waals surface area contributed by atoms with E-state index < -0.39 is 0 Å². The summed E-state index contributed by atoms with van der Waals surface area (Å²) in [5, 5.41) is 6.64. The molecule has 0 bridgehead atoms. The molecule has 0 aliphatic heterocycles. The van der Waals surface area contributed by atoms with Crippen LogP contribution in [0.25, 0.3) is 0 Å². The van der Waals surface area contributed by atoms with E-state index in [0.29, 0.717) is 17.2 Å². The van der Waals surface area contributed by atoms with Crippen LogP contribution in [0.3, 0.4) is 0 Å². The van der Waals surface area contributed by atoms with Gasteiger partial charge in [-0.3, -0.25) is 4.79 Å². The highest BCUT2D eigenvalue weighted by Gasteiger charge is 2.27. The third kappa shape index (κ3) is 4.25. The smallest absolute Gasteiger partial charge is 0.341 e. The maximum absolute atomic E-state index is 12.4. The predicted molar refractivity (Wildman–Crippen MR) is 105 cm³/mol. The number of amides is 1. The lowest BCUT2D eigenvalue weighted by atomic mass is 9.95. The molecule has 6 heteroatoms. The number of nitrogens with one attached hydrogen (secondary N) is 2. The number of rotatable bonds is 6. The predicted octanol–water partition coefficient (Wildman–Crippen LogP) is 4.16. The van der Waals surface area contributed by atoms with Crippen molar-refractivity contribution in [1.29, 1.82) is 0 Å². The Morgan fingerprint density at radius 1 is 1.23 bits per heavy atom. The molecule has 0 spiro atoms. The van der Waals surface area contributed by atoms with E-state index in [-0.39, 0.29) is 18.4 Å². The van der Waals surface area contributed by atoms with Gasteiger partial charge in [0, 0.05) is 10.6 Å². The van der Waals surface area contributed by atoms with E-state index in [1.54, 1.807) is 6.92 Å². The van der Waals surface area contributed by atoms with Crippen LogP contribution in [0.5, 0.6) is 0 Å². The van der Waals surface area contributed by atoms with Crippen molar-refractivity contribution in [1.82, 2.24) is 0 Å². The lowest BCUT2D eigenvalue weighted by Crippen LogP contribution is -2.22. The van der Waals surface area contributed by atoms with E-state index in [4.69, 9.17) is 4.74 Å². The largest absolute Gasteiger partial charge is 0.462 e. The van der Waals surface area contributed by atoms with Gasteiger partial charge in [0.05, 0.1) is 18.7 Å². The van der Waals surface area contributed by atoms with Crippen LogP contribution in [0.1, 0.15) is 46.1 Å². The number of anilines is 2. The summed E-state index contributed by atoms with van der Waals surface area (Å²) in [6.45, 7) is 4.27. The Morgan fingerprint density at radius 2 is 2.04 bits per heavy atom. The number of thiophene rings is 1. The van der Waals surface area contributed by atoms with Crippen LogP contribution in [-0.2, 0) is 22.4 Å². The molecule has 0 atom stereocenters. The second kappa shape index (κ2) is 8.36. The number of carbonyl (C=O) groups excluding carboxylic acids is 2. The Bertz CT molecular complexity index is 813. The highest BCUT2D eigenvalue weighted by atomic mass is 32.1. The normalized spacial score (nSPS) is 13.0. The number of benzene rings is 1. The Balaban J connectivity index is 1.73. The molecule has 26 heavy (non-hydrogen) atoms. The molecule has 1 heterocycles. The van der Waals surface area contributed by atoms with Gasteiger partial charge < -0.3 is 15.4 Å². The summed E-state index contributed by atoms with van der Waals surface area (Å²) < 4.78 is 5.22. The molecule has 1 aromatic carbocycles. The molecule has 5 nitrogen and oxygen atoms in total. The van der Waals surface area contributed by atoms with Gasteiger partial charge in [0.25, 0.3) is 0 Å². The number of hydrogen-bond acceptors (Lipinski definition) is 5. The van der Waals surface area contributed by atoms with E-state index >= 15 is 0 Å². The van der Waals surface area contributed by atoms with E-state index in [2.05, 4.69) is 10.6 Å². The fourth-order valence-corrected chi connectivity index (χ4v) is 4.47. The molecule has 1 amide bonds. The topological polar surface area (TPSA) is 67.4 Å². The molecular formula is C20H24N2O3S. The van der Waals surface area contributed by atoms with Crippen LogP contribution in [0.15, 0.2) is 24.3 Å². The monoisotopic (exact) mass is 372 g/mol. The third-order valence-electron chi connectivity index (χ3n) is 4.37. The summed E-state index contributed by atoms with van der Waals surface area (Å²) in [6, 6.07) is 7.87. The minimum atomic E-state index is -0.339. The zero-order chi connectivity index (χ0) is 18.5. The number of carbonyl (C=O) groups is 2. The Kier molecular flexibility index (Phi) is 5.93. The minimum absolute atomic E-state index is 0.147. The summed E-state index contributed by atoms with van der Waals surface area (Å²) >= 11 is 1.51. The first-order chi connectivity index (χ1) is 12.6. The second-order valence-corrected chi connectivity index (χ2v) is 7.51. The van der Waals surface area contributed by atoms with E-state index in [1.807, 2.05) is 31.2 Å². The number of esters is 1. The third-order valence-corrected chi connectivity index (χ3v) is 5.58. The number of hydrogen-bond donors (Lipinski definition) is 2. The molecule has 0 radical (unpaired) electrons. The summed E-state index contributed by atoms with van der Waals surface area (Å²) in [6.07, 6.45) is 4.03. The van der Waals surface area contributed by atoms with Crippen molar-refractivity contribution in [2.45, 2.75) is 39.5 Å². The van der Waals surface area contributed by atoms with Crippen molar-refractivity contribution >= 4 is 33.9 Å². The van der Waals surface area contributed by atoms with Gasteiger partial charge in [-0.15, -0.1) is 11.3 Å². The molecule has 1 aliphatic carbocycles. The van der Waals surface area contributed by atoms with Crippen molar-refractivity contribution in [3.8, 4) is 0 Å². The van der Waals surface area contributed by atoms with Crippen molar-refractivity contribution in [3.63, 3.8) is 0 Å². The SMILES string of the molecule is CCOC(=O)c1c(NC(=O)CNc2cccc(C)c2)sc2c1CCCC2. The van der Waals surface area contributed by atoms with Crippen molar-refractivity contribution in [2.24, 2.45) is 0 Å². The molecule has 1 aromatic heterocycles. The van der Waals surface area contributed by atoms with Gasteiger partial charge in [-0.1, -0.05) is 12.1 Å². The first-order valence-corrected chi connectivity index (χ1v) is 9.82. The lowest BCUT2D eigenvalue weighted by molar-refractivity contribution is -0.114. The van der Waals surface area contributed by atoms with E-state index in [9.17, 15) is 9.59 Å². The fraction of sp³-hybridized carbons (Fsp3) is 0.400. The van der Waals surface area contributed by atoms with Crippen molar-refractivity contribution < 1.29 is 14.3 Å². The lowest BCUT2D eigenvalue weighted by Gasteiger charge is -2.12. The van der Waals surface area contributed by atoms with Gasteiger partial charge >= 0.3 is 5.97 Å². The van der Waals surface area contributed by atoms with E-state index in [1.165, 1.54) is 16.2 Å². The van der Waals surface area contributed by atoms with Crippen LogP contribution in [-0.4, -0.2) is 25.0 Å². The van der Waals surface area contributed by atoms with Crippen LogP contribution in [0, 0.1) is 6.92 Å². The van der Waals surface area contributed by atoms with Gasteiger partial charge in [-0.2, -0.15) is 0 Å². The Hall–Kier alpha value is -2.34. The van der Waals surface area contributed by atoms with Crippen molar-refractivity contribution in [2.75, 3.05) is 23.8 Å². The average molecular weight is 372 g/mol. The van der Waals surface area contributed by atoms with Crippen LogP contribution < -0.4 is 10.6 Å². The molecule has 0 unspecified atom stereocenters. The number of ether oxygens (including phenoxy) is 1. The maximum atomic E-state index is 12.4. The second-order valence-electron chi connectivity index (χ2n) is 6.41. The maximum Gasteiger partial charge on any atom is 0.341 e. The number of fused-ring (bicyclic) bond motifs is 1. The van der Waals surface area contributed by atoms with Gasteiger partial charge in [-0.25, -0.2) is 4.79 Å². The Labute approximate surface area is 157 Å². The molecule has 2 N–H and O–H groups in total. The van der Waals surface area contributed by atoms with Gasteiger partial charge in [-0.05, 0) is 62.8 Å². The van der Waals surface area contributed by atoms with Gasteiger partial charge in [0.1, 0.15) is 5.00 Å². The zero-order valence-corrected chi connectivity index (χ0v) is 16.0. The zero-order valence-electron chi connectivity index (χ0n) is 15.2. The minimum Gasteiger partial charge on any atom is -0.462 e. The summed E-state index contributed by atoms with van der Waals surface area (Å²) in [5.41, 5.74) is 3.64.